The van der Waals surface area contributed by atoms with Crippen LogP contribution in [0.25, 0.3) is 0 Å². The second-order valence-electron chi connectivity index (χ2n) is 4.63. The minimum absolute atomic E-state index is 0.279. The predicted octanol–water partition coefficient (Wildman–Crippen LogP) is 3.51. The highest BCUT2D eigenvalue weighted by Crippen LogP contribution is 2.23. The maximum atomic E-state index is 12.1. The van der Waals surface area contributed by atoms with Crippen LogP contribution in [0.15, 0.2) is 63.8 Å². The summed E-state index contributed by atoms with van der Waals surface area (Å²) in [6.07, 6.45) is 3.10. The summed E-state index contributed by atoms with van der Waals surface area (Å²) in [5.74, 6) is 0.737. The zero-order chi connectivity index (χ0) is 16.1. The Morgan fingerprint density at radius 1 is 1.17 bits per heavy atom. The second kappa shape index (κ2) is 7.06. The molecule has 3 aromatic rings. The van der Waals surface area contributed by atoms with Crippen molar-refractivity contribution < 1.29 is 9.21 Å². The maximum Gasteiger partial charge on any atom is 0.270 e. The molecular weight excluding hydrogens is 360 g/mol. The molecule has 6 nitrogen and oxygen atoms in total. The topological polar surface area (TPSA) is 80.0 Å². The number of carbonyl (C=O) groups excluding carboxylic acids is 1. The number of halogens is 1. The lowest BCUT2D eigenvalue weighted by Gasteiger charge is -2.08. The van der Waals surface area contributed by atoms with Gasteiger partial charge in [0.2, 0.25) is 5.95 Å². The summed E-state index contributed by atoms with van der Waals surface area (Å²) in [4.78, 5) is 20.5. The van der Waals surface area contributed by atoms with Gasteiger partial charge in [0.05, 0.1) is 18.5 Å². The van der Waals surface area contributed by atoms with Gasteiger partial charge in [0, 0.05) is 10.7 Å². The lowest BCUT2D eigenvalue weighted by molar-refractivity contribution is 0.0943. The van der Waals surface area contributed by atoms with E-state index >= 15 is 0 Å². The van der Waals surface area contributed by atoms with E-state index in [9.17, 15) is 4.79 Å². The molecule has 0 aliphatic carbocycles. The number of nitrogens with zero attached hydrogens (tertiary/aromatic N) is 2. The van der Waals surface area contributed by atoms with Crippen molar-refractivity contribution in [3.8, 4) is 0 Å². The average Bonchev–Trinajstić information content (AvgIpc) is 3.08. The molecule has 0 fully saturated rings. The van der Waals surface area contributed by atoms with Crippen LogP contribution in [0.4, 0.5) is 11.6 Å². The molecule has 0 atom stereocenters. The van der Waals surface area contributed by atoms with Gasteiger partial charge in [-0.1, -0.05) is 12.1 Å². The molecule has 0 unspecified atom stereocenters. The SMILES string of the molecule is O=C(NCc1ccco1)c1ccnc(Nc2ccccc2Br)n1. The Morgan fingerprint density at radius 3 is 2.83 bits per heavy atom. The predicted molar refractivity (Wildman–Crippen MR) is 89.3 cm³/mol. The van der Waals surface area contributed by atoms with Crippen molar-refractivity contribution in [3.63, 3.8) is 0 Å². The number of furan rings is 1. The number of para-hydroxylation sites is 1. The van der Waals surface area contributed by atoms with E-state index in [4.69, 9.17) is 4.42 Å². The van der Waals surface area contributed by atoms with Gasteiger partial charge in [0.1, 0.15) is 11.5 Å². The number of hydrogen-bond acceptors (Lipinski definition) is 5. The summed E-state index contributed by atoms with van der Waals surface area (Å²) >= 11 is 3.44. The molecule has 1 aromatic carbocycles. The molecule has 2 heterocycles. The molecule has 0 spiro atoms. The fourth-order valence-electron chi connectivity index (χ4n) is 1.90. The highest BCUT2D eigenvalue weighted by atomic mass is 79.9. The molecule has 0 saturated carbocycles. The molecule has 116 valence electrons. The second-order valence-corrected chi connectivity index (χ2v) is 5.49. The largest absolute Gasteiger partial charge is 0.467 e. The van der Waals surface area contributed by atoms with Crippen LogP contribution in [-0.2, 0) is 6.54 Å². The number of nitrogens with one attached hydrogen (secondary N) is 2. The fourth-order valence-corrected chi connectivity index (χ4v) is 2.28. The van der Waals surface area contributed by atoms with Crippen molar-refractivity contribution >= 4 is 33.5 Å². The Bertz CT molecular complexity index is 805. The van der Waals surface area contributed by atoms with E-state index in [2.05, 4.69) is 36.5 Å². The first-order valence-electron chi connectivity index (χ1n) is 6.87. The number of rotatable bonds is 5. The first kappa shape index (κ1) is 15.2. The Kier molecular flexibility index (Phi) is 4.68. The van der Waals surface area contributed by atoms with Gasteiger partial charge < -0.3 is 15.1 Å². The normalized spacial score (nSPS) is 10.3. The number of amides is 1. The van der Waals surface area contributed by atoms with Crippen LogP contribution in [0.2, 0.25) is 0 Å². The lowest BCUT2D eigenvalue weighted by atomic mass is 10.3. The van der Waals surface area contributed by atoms with E-state index in [0.717, 1.165) is 10.2 Å². The van der Waals surface area contributed by atoms with Crippen molar-refractivity contribution in [1.29, 1.82) is 0 Å². The van der Waals surface area contributed by atoms with Gasteiger partial charge in [0.15, 0.2) is 0 Å². The van der Waals surface area contributed by atoms with Gasteiger partial charge in [0.25, 0.3) is 5.91 Å². The van der Waals surface area contributed by atoms with Crippen LogP contribution in [-0.4, -0.2) is 15.9 Å². The summed E-state index contributed by atoms with van der Waals surface area (Å²) in [5.41, 5.74) is 1.10. The van der Waals surface area contributed by atoms with E-state index in [1.807, 2.05) is 24.3 Å². The highest BCUT2D eigenvalue weighted by Gasteiger charge is 2.10. The third kappa shape index (κ3) is 3.95. The number of anilines is 2. The summed E-state index contributed by atoms with van der Waals surface area (Å²) in [5, 5.41) is 5.81. The molecule has 3 rings (SSSR count). The molecule has 0 radical (unpaired) electrons. The van der Waals surface area contributed by atoms with E-state index < -0.39 is 0 Å². The van der Waals surface area contributed by atoms with E-state index in [1.165, 1.54) is 6.20 Å². The van der Waals surface area contributed by atoms with Crippen molar-refractivity contribution in [3.05, 3.63) is 70.9 Å². The standard InChI is InChI=1S/C16H13BrN4O2/c17-12-5-1-2-6-13(12)20-16-18-8-7-14(21-16)15(22)19-10-11-4-3-9-23-11/h1-9H,10H2,(H,19,22)(H,18,20,21). The minimum atomic E-state index is -0.293. The Hall–Kier alpha value is -2.67. The quantitative estimate of drug-likeness (QED) is 0.716. The molecule has 0 aliphatic rings. The van der Waals surface area contributed by atoms with Crippen LogP contribution >= 0.6 is 15.9 Å². The molecule has 0 saturated heterocycles. The summed E-state index contributed by atoms with van der Waals surface area (Å²) in [6, 6.07) is 12.7. The Labute approximate surface area is 141 Å². The number of hydrogen-bond donors (Lipinski definition) is 2. The maximum absolute atomic E-state index is 12.1. The van der Waals surface area contributed by atoms with Crippen molar-refractivity contribution in [1.82, 2.24) is 15.3 Å². The van der Waals surface area contributed by atoms with Crippen LogP contribution in [0.5, 0.6) is 0 Å². The molecule has 7 heteroatoms. The van der Waals surface area contributed by atoms with Gasteiger partial charge >= 0.3 is 0 Å². The van der Waals surface area contributed by atoms with E-state index in [1.54, 1.807) is 24.5 Å². The smallest absolute Gasteiger partial charge is 0.270 e. The van der Waals surface area contributed by atoms with Crippen LogP contribution < -0.4 is 10.6 Å². The Balaban J connectivity index is 1.69. The number of aromatic nitrogens is 2. The summed E-state index contributed by atoms with van der Waals surface area (Å²) < 4.78 is 6.06. The molecule has 0 aliphatic heterocycles. The van der Waals surface area contributed by atoms with Gasteiger partial charge in [-0.15, -0.1) is 0 Å². The third-order valence-corrected chi connectivity index (χ3v) is 3.70. The van der Waals surface area contributed by atoms with Crippen molar-refractivity contribution in [2.45, 2.75) is 6.54 Å². The van der Waals surface area contributed by atoms with Gasteiger partial charge in [-0.25, -0.2) is 9.97 Å². The number of carbonyl (C=O) groups is 1. The molecule has 23 heavy (non-hydrogen) atoms. The summed E-state index contributed by atoms with van der Waals surface area (Å²) in [6.45, 7) is 0.308. The lowest BCUT2D eigenvalue weighted by Crippen LogP contribution is -2.23. The zero-order valence-corrected chi connectivity index (χ0v) is 13.6. The van der Waals surface area contributed by atoms with E-state index in [0.29, 0.717) is 18.3 Å². The fraction of sp³-hybridized carbons (Fsp3) is 0.0625. The molecule has 2 N–H and O–H groups in total. The molecule has 1 amide bonds. The summed E-state index contributed by atoms with van der Waals surface area (Å²) in [7, 11) is 0. The zero-order valence-electron chi connectivity index (χ0n) is 12.0. The first-order valence-corrected chi connectivity index (χ1v) is 7.67. The van der Waals surface area contributed by atoms with Crippen molar-refractivity contribution in [2.24, 2.45) is 0 Å². The molecule has 2 aromatic heterocycles. The number of benzene rings is 1. The molecular formula is C16H13BrN4O2. The van der Waals surface area contributed by atoms with Gasteiger partial charge in [-0.2, -0.15) is 0 Å². The third-order valence-electron chi connectivity index (χ3n) is 3.01. The minimum Gasteiger partial charge on any atom is -0.467 e. The van der Waals surface area contributed by atoms with E-state index in [-0.39, 0.29) is 11.6 Å². The first-order chi connectivity index (χ1) is 11.2. The van der Waals surface area contributed by atoms with Gasteiger partial charge in [-0.05, 0) is 46.3 Å². The van der Waals surface area contributed by atoms with Crippen LogP contribution in [0, 0.1) is 0 Å². The molecule has 0 bridgehead atoms. The van der Waals surface area contributed by atoms with Crippen LogP contribution in [0.1, 0.15) is 16.2 Å². The highest BCUT2D eigenvalue weighted by molar-refractivity contribution is 9.10. The van der Waals surface area contributed by atoms with Crippen molar-refractivity contribution in [2.75, 3.05) is 5.32 Å². The average molecular weight is 373 g/mol. The Morgan fingerprint density at radius 2 is 2.04 bits per heavy atom. The van der Waals surface area contributed by atoms with Gasteiger partial charge in [-0.3, -0.25) is 4.79 Å². The monoisotopic (exact) mass is 372 g/mol. The van der Waals surface area contributed by atoms with Crippen LogP contribution in [0.3, 0.4) is 0 Å².